The predicted octanol–water partition coefficient (Wildman–Crippen LogP) is 5.48. The van der Waals surface area contributed by atoms with Crippen molar-refractivity contribution in [3.8, 4) is 0 Å². The van der Waals surface area contributed by atoms with Gasteiger partial charge in [-0.2, -0.15) is 0 Å². The fourth-order valence-electron chi connectivity index (χ4n) is 4.30. The van der Waals surface area contributed by atoms with E-state index in [0.29, 0.717) is 0 Å². The van der Waals surface area contributed by atoms with Gasteiger partial charge in [-0.15, -0.1) is 0 Å². The van der Waals surface area contributed by atoms with Crippen molar-refractivity contribution in [3.05, 3.63) is 103 Å². The van der Waals surface area contributed by atoms with Crippen LogP contribution in [0.4, 0.5) is 0 Å². The van der Waals surface area contributed by atoms with E-state index < -0.39 is 0 Å². The summed E-state index contributed by atoms with van der Waals surface area (Å²) in [7, 11) is 4.23. The molecular weight excluding hydrogens is 428 g/mol. The molecule has 0 amide bonds. The Hall–Kier alpha value is -1.16. The standard InChI is InChI=1S/C20H11Br2Si/c21-15-9-10-16(22)19-18(15)17-11-5-1-3-7-13(11)20(19,23)14-8-4-2-6-12(14)17/h1-10,17H. The second-order valence-corrected chi connectivity index (χ2v) is 8.63. The minimum absolute atomic E-state index is 0.280. The highest BCUT2D eigenvalue weighted by molar-refractivity contribution is 9.11. The molecule has 0 aromatic heterocycles. The van der Waals surface area contributed by atoms with E-state index in [2.05, 4.69) is 103 Å². The Balaban J connectivity index is 2.02. The van der Waals surface area contributed by atoms with Gasteiger partial charge in [0.2, 0.25) is 0 Å². The van der Waals surface area contributed by atoms with Crippen LogP contribution in [0.2, 0.25) is 0 Å². The molecule has 0 spiro atoms. The lowest BCUT2D eigenvalue weighted by molar-refractivity contribution is 0.697. The molecule has 0 fully saturated rings. The van der Waals surface area contributed by atoms with Crippen molar-refractivity contribution >= 4 is 42.1 Å². The Morgan fingerprint density at radius 1 is 0.739 bits per heavy atom. The van der Waals surface area contributed by atoms with E-state index in [1.54, 1.807) is 0 Å². The molecular formula is C20H11Br2Si. The molecule has 109 valence electrons. The molecule has 6 rings (SSSR count). The summed E-state index contributed by atoms with van der Waals surface area (Å²) in [5.41, 5.74) is 8.19. The molecule has 0 aliphatic heterocycles. The molecule has 2 bridgehead atoms. The van der Waals surface area contributed by atoms with Gasteiger partial charge in [0, 0.05) is 19.9 Å². The third-order valence-electron chi connectivity index (χ3n) is 5.16. The van der Waals surface area contributed by atoms with Crippen LogP contribution in [0.15, 0.2) is 69.6 Å². The van der Waals surface area contributed by atoms with Crippen LogP contribution in [0.3, 0.4) is 0 Å². The highest BCUT2D eigenvalue weighted by atomic mass is 79.9. The zero-order valence-electron chi connectivity index (χ0n) is 12.1. The van der Waals surface area contributed by atoms with Gasteiger partial charge in [0.1, 0.15) is 0 Å². The van der Waals surface area contributed by atoms with Gasteiger partial charge >= 0.3 is 0 Å². The minimum Gasteiger partial charge on any atom is -0.0619 e. The first-order chi connectivity index (χ1) is 11.1. The smallest absolute Gasteiger partial charge is 0.0511 e. The zero-order chi connectivity index (χ0) is 15.8. The Morgan fingerprint density at radius 3 is 1.87 bits per heavy atom. The second kappa shape index (κ2) is 4.68. The first-order valence-electron chi connectivity index (χ1n) is 7.56. The van der Waals surface area contributed by atoms with E-state index in [-0.39, 0.29) is 11.0 Å². The fraction of sp³-hybridized carbons (Fsp3) is 0.100. The first kappa shape index (κ1) is 14.2. The summed E-state index contributed by atoms with van der Waals surface area (Å²) in [4.78, 5) is 0. The molecule has 0 saturated carbocycles. The van der Waals surface area contributed by atoms with Crippen LogP contribution in [-0.2, 0) is 5.04 Å². The highest BCUT2D eigenvalue weighted by Crippen LogP contribution is 2.60. The second-order valence-electron chi connectivity index (χ2n) is 6.18. The van der Waals surface area contributed by atoms with Crippen molar-refractivity contribution in [1.82, 2.24) is 0 Å². The van der Waals surface area contributed by atoms with Gasteiger partial charge < -0.3 is 0 Å². The van der Waals surface area contributed by atoms with Crippen LogP contribution < -0.4 is 0 Å². The number of hydrogen-bond donors (Lipinski definition) is 0. The van der Waals surface area contributed by atoms with Crippen molar-refractivity contribution in [3.63, 3.8) is 0 Å². The molecule has 0 N–H and O–H groups in total. The molecule has 0 unspecified atom stereocenters. The van der Waals surface area contributed by atoms with Gasteiger partial charge in [-0.1, -0.05) is 80.4 Å². The predicted molar refractivity (Wildman–Crippen MR) is 101 cm³/mol. The lowest BCUT2D eigenvalue weighted by Crippen LogP contribution is -2.43. The Morgan fingerprint density at radius 2 is 1.26 bits per heavy atom. The van der Waals surface area contributed by atoms with Gasteiger partial charge in [0.25, 0.3) is 0 Å². The molecule has 3 aliphatic rings. The molecule has 0 heterocycles. The largest absolute Gasteiger partial charge is 0.0619 e. The summed E-state index contributed by atoms with van der Waals surface area (Å²) >= 11 is 7.61. The van der Waals surface area contributed by atoms with Crippen LogP contribution >= 0.6 is 31.9 Å². The van der Waals surface area contributed by atoms with E-state index in [0.717, 1.165) is 4.47 Å². The Labute approximate surface area is 155 Å². The Kier molecular flexibility index (Phi) is 2.89. The third-order valence-corrected chi connectivity index (χ3v) is 7.30. The summed E-state index contributed by atoms with van der Waals surface area (Å²) < 4.78 is 2.33. The normalized spacial score (nSPS) is 23.2. The van der Waals surface area contributed by atoms with Crippen LogP contribution in [0.1, 0.15) is 39.3 Å². The lowest BCUT2D eigenvalue weighted by atomic mass is 9.60. The summed E-state index contributed by atoms with van der Waals surface area (Å²) in [5.74, 6) is 0.280. The summed E-state index contributed by atoms with van der Waals surface area (Å²) in [6.45, 7) is 0. The number of halogens is 2. The molecule has 3 aliphatic carbocycles. The quantitative estimate of drug-likeness (QED) is 0.407. The van der Waals surface area contributed by atoms with Crippen molar-refractivity contribution in [2.45, 2.75) is 11.0 Å². The minimum atomic E-state index is -0.306. The van der Waals surface area contributed by atoms with E-state index in [1.807, 2.05) is 0 Å². The van der Waals surface area contributed by atoms with Gasteiger partial charge in [0.05, 0.1) is 10.2 Å². The monoisotopic (exact) mass is 437 g/mol. The van der Waals surface area contributed by atoms with Gasteiger partial charge in [-0.25, -0.2) is 0 Å². The Bertz CT molecular complexity index is 930. The molecule has 3 aromatic carbocycles. The SMILES string of the molecule is [Si]C12c3ccccc3C(c3ccccc31)c1c(Br)ccc(Br)c12. The van der Waals surface area contributed by atoms with Crippen molar-refractivity contribution in [2.24, 2.45) is 0 Å². The van der Waals surface area contributed by atoms with Gasteiger partial charge in [0.15, 0.2) is 0 Å². The molecule has 3 heteroatoms. The molecule has 0 saturated heterocycles. The van der Waals surface area contributed by atoms with Crippen LogP contribution in [0, 0.1) is 0 Å². The van der Waals surface area contributed by atoms with Crippen LogP contribution in [0.25, 0.3) is 0 Å². The molecule has 3 aromatic rings. The number of rotatable bonds is 0. The number of hydrogen-bond acceptors (Lipinski definition) is 0. The van der Waals surface area contributed by atoms with Crippen LogP contribution in [-0.4, -0.2) is 10.2 Å². The topological polar surface area (TPSA) is 0 Å². The fourth-order valence-corrected chi connectivity index (χ4v) is 6.41. The first-order valence-corrected chi connectivity index (χ1v) is 9.65. The van der Waals surface area contributed by atoms with E-state index in [1.165, 1.54) is 37.9 Å². The van der Waals surface area contributed by atoms with Crippen LogP contribution in [0.5, 0.6) is 0 Å². The summed E-state index contributed by atoms with van der Waals surface area (Å²) in [5, 5.41) is -0.306. The van der Waals surface area contributed by atoms with Gasteiger partial charge in [-0.3, -0.25) is 0 Å². The van der Waals surface area contributed by atoms with E-state index in [9.17, 15) is 0 Å². The van der Waals surface area contributed by atoms with E-state index >= 15 is 0 Å². The van der Waals surface area contributed by atoms with Gasteiger partial charge in [-0.05, 0) is 45.5 Å². The average Bonchev–Trinajstić information content (AvgIpc) is 2.58. The average molecular weight is 439 g/mol. The number of benzene rings is 3. The molecule has 3 radical (unpaired) electrons. The molecule has 23 heavy (non-hydrogen) atoms. The van der Waals surface area contributed by atoms with Crippen molar-refractivity contribution in [2.75, 3.05) is 0 Å². The summed E-state index contributed by atoms with van der Waals surface area (Å²) in [6, 6.07) is 21.9. The lowest BCUT2D eigenvalue weighted by Gasteiger charge is -2.49. The van der Waals surface area contributed by atoms with Crippen molar-refractivity contribution in [1.29, 1.82) is 0 Å². The highest BCUT2D eigenvalue weighted by Gasteiger charge is 2.50. The maximum absolute atomic E-state index is 4.23. The van der Waals surface area contributed by atoms with Crippen molar-refractivity contribution < 1.29 is 0 Å². The zero-order valence-corrected chi connectivity index (χ0v) is 16.3. The molecule has 0 nitrogen and oxygen atoms in total. The molecule has 0 atom stereocenters. The maximum atomic E-state index is 4.23. The third kappa shape index (κ3) is 1.61. The summed E-state index contributed by atoms with van der Waals surface area (Å²) in [6.07, 6.45) is 0. The van der Waals surface area contributed by atoms with E-state index in [4.69, 9.17) is 0 Å². The maximum Gasteiger partial charge on any atom is 0.0511 e.